The molecule has 8 rings (SSSR count). The van der Waals surface area contributed by atoms with Gasteiger partial charge in [-0.3, -0.25) is 9.88 Å². The van der Waals surface area contributed by atoms with Crippen molar-refractivity contribution in [2.75, 3.05) is 64.1 Å². The van der Waals surface area contributed by atoms with Crippen LogP contribution in [0.1, 0.15) is 57.4 Å². The van der Waals surface area contributed by atoms with E-state index in [9.17, 15) is 14.6 Å². The maximum absolute atomic E-state index is 17.0. The number of piperidine rings is 1. The number of ether oxygens (including phenoxy) is 3. The molecule has 0 bridgehead atoms. The molecule has 4 aromatic rings. The van der Waals surface area contributed by atoms with Crippen molar-refractivity contribution in [1.29, 1.82) is 0 Å². The number of phenols is 1. The summed E-state index contributed by atoms with van der Waals surface area (Å²) in [6.07, 6.45) is 14.8. The van der Waals surface area contributed by atoms with Gasteiger partial charge in [0.1, 0.15) is 34.2 Å². The summed E-state index contributed by atoms with van der Waals surface area (Å²) >= 11 is 0. The zero-order chi connectivity index (χ0) is 36.0. The molecule has 4 aliphatic rings. The normalized spacial score (nSPS) is 26.0. The van der Waals surface area contributed by atoms with Gasteiger partial charge in [-0.1, -0.05) is 18.4 Å². The highest BCUT2D eigenvalue weighted by Crippen LogP contribution is 2.48. The Balaban J connectivity index is 1.20. The molecule has 5 heterocycles. The number of terminal acetylenes is 1. The molecule has 10 nitrogen and oxygen atoms in total. The number of rotatable bonds is 7. The third-order valence-corrected chi connectivity index (χ3v) is 11.6. The van der Waals surface area contributed by atoms with Gasteiger partial charge >= 0.3 is 6.01 Å². The van der Waals surface area contributed by atoms with E-state index in [4.69, 9.17) is 25.6 Å². The van der Waals surface area contributed by atoms with E-state index in [1.54, 1.807) is 6.92 Å². The Morgan fingerprint density at radius 2 is 1.88 bits per heavy atom. The SMILES string of the molecule is C#Cc1c(F)ccc2cc(O)cc(-c3ncc4c(N5CCOC[C@@](C)(O)C5)nc(OC[C@]56CCC[C@H]5N(CC5CCOCC5)CCC6)nc4c3F)c12. The van der Waals surface area contributed by atoms with E-state index in [0.717, 1.165) is 71.2 Å². The number of aromatic hydroxyl groups is 1. The van der Waals surface area contributed by atoms with Gasteiger partial charge in [0.15, 0.2) is 5.82 Å². The fraction of sp³-hybridized carbons (Fsp3) is 0.525. The van der Waals surface area contributed by atoms with Crippen LogP contribution in [-0.2, 0) is 9.47 Å². The third kappa shape index (κ3) is 6.53. The summed E-state index contributed by atoms with van der Waals surface area (Å²) in [5, 5.41) is 22.7. The van der Waals surface area contributed by atoms with Gasteiger partial charge in [-0.25, -0.2) is 8.78 Å². The van der Waals surface area contributed by atoms with E-state index in [-0.39, 0.29) is 58.1 Å². The number of aliphatic hydroxyl groups is 1. The fourth-order valence-corrected chi connectivity index (χ4v) is 9.15. The molecule has 1 saturated carbocycles. The van der Waals surface area contributed by atoms with Crippen LogP contribution in [-0.4, -0.2) is 101 Å². The average Bonchev–Trinajstić information content (AvgIpc) is 3.49. The molecule has 2 N–H and O–H groups in total. The number of likely N-dealkylation sites (tertiary alicyclic amines) is 1. The molecule has 3 aliphatic heterocycles. The van der Waals surface area contributed by atoms with Crippen LogP contribution in [0.5, 0.6) is 11.8 Å². The second-order valence-corrected chi connectivity index (χ2v) is 15.4. The first-order valence-corrected chi connectivity index (χ1v) is 18.4. The lowest BCUT2D eigenvalue weighted by Gasteiger charge is -2.47. The molecule has 3 atom stereocenters. The molecule has 12 heteroatoms. The molecule has 0 spiro atoms. The topological polar surface area (TPSA) is 113 Å². The fourth-order valence-electron chi connectivity index (χ4n) is 9.15. The van der Waals surface area contributed by atoms with Crippen molar-refractivity contribution in [3.63, 3.8) is 0 Å². The summed E-state index contributed by atoms with van der Waals surface area (Å²) in [5.41, 5.74) is -1.38. The number of pyridine rings is 1. The molecule has 0 unspecified atom stereocenters. The predicted octanol–water partition coefficient (Wildman–Crippen LogP) is 5.84. The first-order chi connectivity index (χ1) is 25.1. The maximum atomic E-state index is 17.0. The lowest BCUT2D eigenvalue weighted by molar-refractivity contribution is -0.0203. The Labute approximate surface area is 302 Å². The number of benzene rings is 2. The summed E-state index contributed by atoms with van der Waals surface area (Å²) in [6, 6.07) is 5.90. The average molecular weight is 714 g/mol. The van der Waals surface area contributed by atoms with Gasteiger partial charge in [-0.15, -0.1) is 6.42 Å². The van der Waals surface area contributed by atoms with E-state index < -0.39 is 17.2 Å². The number of phenolic OH excluding ortho intramolecular Hbond substituents is 1. The van der Waals surface area contributed by atoms with Crippen molar-refractivity contribution in [3.8, 4) is 35.4 Å². The second-order valence-electron chi connectivity index (χ2n) is 15.4. The molecule has 2 aromatic heterocycles. The minimum Gasteiger partial charge on any atom is -0.508 e. The Bertz CT molecular complexity index is 2030. The summed E-state index contributed by atoms with van der Waals surface area (Å²) in [5.74, 6) is 1.80. The molecule has 1 aliphatic carbocycles. The Morgan fingerprint density at radius 1 is 1.06 bits per heavy atom. The maximum Gasteiger partial charge on any atom is 0.319 e. The molecule has 2 aromatic carbocycles. The van der Waals surface area contributed by atoms with Crippen LogP contribution in [0, 0.1) is 35.3 Å². The molecule has 0 amide bonds. The number of hydrogen-bond acceptors (Lipinski definition) is 10. The minimum absolute atomic E-state index is 0.0288. The summed E-state index contributed by atoms with van der Waals surface area (Å²) in [7, 11) is 0. The number of halogens is 2. The van der Waals surface area contributed by atoms with Crippen molar-refractivity contribution in [3.05, 3.63) is 47.7 Å². The number of nitrogens with zero attached hydrogens (tertiary/aromatic N) is 5. The Hall–Kier alpha value is -4.15. The third-order valence-electron chi connectivity index (χ3n) is 11.6. The monoisotopic (exact) mass is 713 g/mol. The van der Waals surface area contributed by atoms with Crippen molar-refractivity contribution >= 4 is 27.5 Å². The van der Waals surface area contributed by atoms with Crippen LogP contribution in [0.2, 0.25) is 0 Å². The van der Waals surface area contributed by atoms with Gasteiger partial charge in [0.2, 0.25) is 0 Å². The van der Waals surface area contributed by atoms with Crippen LogP contribution in [0.4, 0.5) is 14.6 Å². The summed E-state index contributed by atoms with van der Waals surface area (Å²) in [6.45, 7) is 6.92. The number of anilines is 1. The van der Waals surface area contributed by atoms with E-state index in [1.807, 2.05) is 4.90 Å². The first kappa shape index (κ1) is 34.9. The quantitative estimate of drug-likeness (QED) is 0.227. The van der Waals surface area contributed by atoms with Gasteiger partial charge in [-0.2, -0.15) is 9.97 Å². The summed E-state index contributed by atoms with van der Waals surface area (Å²) in [4.78, 5) is 18.6. The number of fused-ring (bicyclic) bond motifs is 3. The van der Waals surface area contributed by atoms with E-state index in [1.165, 1.54) is 30.5 Å². The lowest BCUT2D eigenvalue weighted by atomic mass is 9.75. The molecule has 52 heavy (non-hydrogen) atoms. The van der Waals surface area contributed by atoms with Gasteiger partial charge in [0, 0.05) is 54.9 Å². The molecular formula is C40H45F2N5O5. The van der Waals surface area contributed by atoms with Gasteiger partial charge in [0.05, 0.1) is 37.3 Å². The standard InChI is InChI=1S/C40H45F2N5O5/c1-3-28-31(41)8-7-26-18-27(48)19-29(33(26)28)35-34(42)36-30(20-43-35)37(47-14-17-51-23-39(2,49)22-47)45-38(44-36)52-24-40-11-4-6-32(40)46(13-5-12-40)21-25-9-15-50-16-10-25/h1,7-8,18-20,25,32,48-49H,4-6,9-17,21-24H2,2H3/t32-,39+,40-/m1/s1. The minimum atomic E-state index is -1.19. The van der Waals surface area contributed by atoms with Crippen molar-refractivity contribution in [2.24, 2.45) is 11.3 Å². The van der Waals surface area contributed by atoms with Crippen LogP contribution in [0.25, 0.3) is 32.9 Å². The van der Waals surface area contributed by atoms with Crippen molar-refractivity contribution in [1.82, 2.24) is 19.9 Å². The van der Waals surface area contributed by atoms with Gasteiger partial charge in [0.25, 0.3) is 0 Å². The summed E-state index contributed by atoms with van der Waals surface area (Å²) < 4.78 is 49.9. The van der Waals surface area contributed by atoms with Crippen molar-refractivity contribution in [2.45, 2.75) is 63.5 Å². The zero-order valence-electron chi connectivity index (χ0n) is 29.5. The largest absolute Gasteiger partial charge is 0.508 e. The highest BCUT2D eigenvalue weighted by Gasteiger charge is 2.49. The number of aromatic nitrogens is 3. The second kappa shape index (κ2) is 14.0. The zero-order valence-corrected chi connectivity index (χ0v) is 29.5. The molecule has 3 saturated heterocycles. The van der Waals surface area contributed by atoms with Gasteiger partial charge < -0.3 is 29.3 Å². The van der Waals surface area contributed by atoms with Crippen LogP contribution in [0.3, 0.4) is 0 Å². The van der Waals surface area contributed by atoms with E-state index in [2.05, 4.69) is 20.8 Å². The van der Waals surface area contributed by atoms with Crippen LogP contribution in [0.15, 0.2) is 30.5 Å². The smallest absolute Gasteiger partial charge is 0.319 e. The number of hydrogen-bond donors (Lipinski definition) is 2. The Morgan fingerprint density at radius 3 is 2.71 bits per heavy atom. The molecule has 4 fully saturated rings. The lowest BCUT2D eigenvalue weighted by Crippen LogP contribution is -2.53. The van der Waals surface area contributed by atoms with Crippen LogP contribution < -0.4 is 9.64 Å². The van der Waals surface area contributed by atoms with E-state index in [0.29, 0.717) is 48.3 Å². The first-order valence-electron chi connectivity index (χ1n) is 18.4. The highest BCUT2D eigenvalue weighted by atomic mass is 19.1. The van der Waals surface area contributed by atoms with Crippen molar-refractivity contribution < 1.29 is 33.2 Å². The number of β-amino-alcohol motifs (C(OH)–C–C–N with tert-alkyl or cyclic N) is 1. The molecule has 0 radical (unpaired) electrons. The molecular weight excluding hydrogens is 668 g/mol. The predicted molar refractivity (Wildman–Crippen MR) is 193 cm³/mol. The van der Waals surface area contributed by atoms with E-state index >= 15 is 4.39 Å². The van der Waals surface area contributed by atoms with Crippen LogP contribution >= 0.6 is 0 Å². The Kier molecular flexibility index (Phi) is 9.40. The van der Waals surface area contributed by atoms with Gasteiger partial charge in [-0.05, 0) is 81.5 Å². The molecule has 274 valence electrons. The highest BCUT2D eigenvalue weighted by molar-refractivity contribution is 6.03.